The van der Waals surface area contributed by atoms with Gasteiger partial charge in [0.15, 0.2) is 0 Å². The molecule has 1 atom stereocenters. The first-order valence-electron chi connectivity index (χ1n) is 5.42. The van der Waals surface area contributed by atoms with E-state index in [9.17, 15) is 9.59 Å². The van der Waals surface area contributed by atoms with E-state index in [1.54, 1.807) is 34.7 Å². The second-order valence-corrected chi connectivity index (χ2v) is 4.72. The number of hydrogen-bond donors (Lipinski definition) is 1. The Kier molecular flexibility index (Phi) is 5.27. The lowest BCUT2D eigenvalue weighted by Crippen LogP contribution is -2.47. The smallest absolute Gasteiger partial charge is 0.328 e. The highest BCUT2D eigenvalue weighted by Crippen LogP contribution is 2.08. The zero-order valence-corrected chi connectivity index (χ0v) is 11.0. The molecule has 0 aromatic carbocycles. The third-order valence-electron chi connectivity index (χ3n) is 1.92. The number of nitrogens with one attached hydrogen (secondary N) is 1. The molecule has 0 fully saturated rings. The van der Waals surface area contributed by atoms with Crippen molar-refractivity contribution in [2.75, 3.05) is 13.6 Å². The molecule has 0 bridgehead atoms. The van der Waals surface area contributed by atoms with Crippen molar-refractivity contribution >= 4 is 12.0 Å². The van der Waals surface area contributed by atoms with Crippen LogP contribution in [0.15, 0.2) is 0 Å². The molecule has 0 aliphatic heterocycles. The number of nitrogens with zero attached hydrogens (tertiary/aromatic N) is 1. The van der Waals surface area contributed by atoms with Gasteiger partial charge in [-0.2, -0.15) is 0 Å². The minimum atomic E-state index is -0.638. The van der Waals surface area contributed by atoms with Gasteiger partial charge >= 0.3 is 12.0 Å². The first kappa shape index (κ1) is 14.7. The summed E-state index contributed by atoms with van der Waals surface area (Å²) in [5.74, 6) is -0.426. The molecule has 0 spiro atoms. The molecule has 0 heterocycles. The molecule has 0 aromatic heterocycles. The quantitative estimate of drug-likeness (QED) is 0.745. The van der Waals surface area contributed by atoms with Crippen molar-refractivity contribution in [3.05, 3.63) is 0 Å². The lowest BCUT2D eigenvalue weighted by molar-refractivity contribution is -0.156. The molecule has 0 aliphatic rings. The van der Waals surface area contributed by atoms with E-state index >= 15 is 0 Å². The van der Waals surface area contributed by atoms with Crippen LogP contribution in [0.5, 0.6) is 0 Å². The second-order valence-electron chi connectivity index (χ2n) is 4.72. The van der Waals surface area contributed by atoms with Gasteiger partial charge in [0.25, 0.3) is 0 Å². The Labute approximate surface area is 97.1 Å². The van der Waals surface area contributed by atoms with Gasteiger partial charge in [-0.05, 0) is 34.6 Å². The van der Waals surface area contributed by atoms with E-state index in [-0.39, 0.29) is 6.03 Å². The van der Waals surface area contributed by atoms with E-state index in [1.165, 1.54) is 4.90 Å². The summed E-state index contributed by atoms with van der Waals surface area (Å²) >= 11 is 0. The third-order valence-corrected chi connectivity index (χ3v) is 1.92. The Morgan fingerprint density at radius 2 is 1.88 bits per heavy atom. The molecule has 16 heavy (non-hydrogen) atoms. The van der Waals surface area contributed by atoms with Gasteiger partial charge in [0.2, 0.25) is 0 Å². The van der Waals surface area contributed by atoms with Crippen molar-refractivity contribution in [3.8, 4) is 0 Å². The SMILES string of the molecule is CCN(C)C(=O)N[C@@H](C)C(=O)OC(C)(C)C. The van der Waals surface area contributed by atoms with E-state index in [1.807, 2.05) is 6.92 Å². The highest BCUT2D eigenvalue weighted by atomic mass is 16.6. The number of urea groups is 1. The Hall–Kier alpha value is -1.26. The fourth-order valence-electron chi connectivity index (χ4n) is 0.888. The molecule has 1 N–H and O–H groups in total. The molecule has 0 radical (unpaired) electrons. The first-order valence-corrected chi connectivity index (χ1v) is 5.42. The number of esters is 1. The number of ether oxygens (including phenoxy) is 1. The number of hydrogen-bond acceptors (Lipinski definition) is 3. The Morgan fingerprint density at radius 3 is 2.25 bits per heavy atom. The van der Waals surface area contributed by atoms with E-state index in [0.29, 0.717) is 6.54 Å². The Morgan fingerprint density at radius 1 is 1.38 bits per heavy atom. The van der Waals surface area contributed by atoms with Crippen LogP contribution in [0.3, 0.4) is 0 Å². The zero-order valence-electron chi connectivity index (χ0n) is 11.0. The third kappa shape index (κ3) is 5.58. The summed E-state index contributed by atoms with van der Waals surface area (Å²) < 4.78 is 5.14. The average Bonchev–Trinajstić information content (AvgIpc) is 2.13. The molecule has 0 unspecified atom stereocenters. The number of carbonyl (C=O) groups is 2. The standard InChI is InChI=1S/C11H22N2O3/c1-7-13(6)10(15)12-8(2)9(14)16-11(3,4)5/h8H,7H2,1-6H3,(H,12,15)/t8-/m0/s1. The van der Waals surface area contributed by atoms with Crippen LogP contribution in [0.25, 0.3) is 0 Å². The van der Waals surface area contributed by atoms with Crippen LogP contribution >= 0.6 is 0 Å². The molecule has 0 saturated carbocycles. The number of rotatable bonds is 3. The van der Waals surface area contributed by atoms with E-state index in [2.05, 4.69) is 5.32 Å². The van der Waals surface area contributed by atoms with E-state index < -0.39 is 17.6 Å². The minimum absolute atomic E-state index is 0.277. The molecule has 0 aromatic rings. The number of amides is 2. The van der Waals surface area contributed by atoms with Crippen LogP contribution in [-0.2, 0) is 9.53 Å². The molecule has 94 valence electrons. The largest absolute Gasteiger partial charge is 0.458 e. The van der Waals surface area contributed by atoms with Gasteiger partial charge in [-0.3, -0.25) is 0 Å². The van der Waals surface area contributed by atoms with Crippen LogP contribution in [0.1, 0.15) is 34.6 Å². The van der Waals surface area contributed by atoms with Crippen molar-refractivity contribution in [2.24, 2.45) is 0 Å². The molecule has 5 nitrogen and oxygen atoms in total. The van der Waals surface area contributed by atoms with Crippen LogP contribution in [0, 0.1) is 0 Å². The summed E-state index contributed by atoms with van der Waals surface area (Å²) in [6.45, 7) is 9.42. The van der Waals surface area contributed by atoms with Crippen molar-refractivity contribution in [3.63, 3.8) is 0 Å². The maximum atomic E-state index is 11.5. The zero-order chi connectivity index (χ0) is 12.9. The molecular weight excluding hydrogens is 208 g/mol. The van der Waals surface area contributed by atoms with E-state index in [0.717, 1.165) is 0 Å². The van der Waals surface area contributed by atoms with Gasteiger partial charge in [0.1, 0.15) is 11.6 Å². The maximum Gasteiger partial charge on any atom is 0.328 e. The molecule has 2 amide bonds. The van der Waals surface area contributed by atoms with Gasteiger partial charge in [-0.15, -0.1) is 0 Å². The van der Waals surface area contributed by atoms with E-state index in [4.69, 9.17) is 4.74 Å². The van der Waals surface area contributed by atoms with Crippen molar-refractivity contribution in [2.45, 2.75) is 46.3 Å². The van der Waals surface area contributed by atoms with Gasteiger partial charge in [-0.25, -0.2) is 9.59 Å². The molecule has 0 aliphatic carbocycles. The molecular formula is C11H22N2O3. The lowest BCUT2D eigenvalue weighted by Gasteiger charge is -2.24. The van der Waals surface area contributed by atoms with Gasteiger partial charge in [0.05, 0.1) is 0 Å². The predicted octanol–water partition coefficient (Wildman–Crippen LogP) is 1.38. The summed E-state index contributed by atoms with van der Waals surface area (Å²) in [5, 5.41) is 2.57. The summed E-state index contributed by atoms with van der Waals surface area (Å²) in [5.41, 5.74) is -0.535. The summed E-state index contributed by atoms with van der Waals surface area (Å²) in [4.78, 5) is 24.5. The first-order chi connectivity index (χ1) is 7.17. The van der Waals surface area contributed by atoms with Crippen molar-refractivity contribution in [1.29, 1.82) is 0 Å². The minimum Gasteiger partial charge on any atom is -0.458 e. The van der Waals surface area contributed by atoms with Gasteiger partial charge in [0, 0.05) is 13.6 Å². The predicted molar refractivity (Wildman–Crippen MR) is 62.1 cm³/mol. The number of carbonyl (C=O) groups excluding carboxylic acids is 2. The van der Waals surface area contributed by atoms with Crippen LogP contribution in [0.2, 0.25) is 0 Å². The van der Waals surface area contributed by atoms with Crippen molar-refractivity contribution in [1.82, 2.24) is 10.2 Å². The normalized spacial score (nSPS) is 12.9. The van der Waals surface area contributed by atoms with Gasteiger partial charge in [-0.1, -0.05) is 0 Å². The average molecular weight is 230 g/mol. The lowest BCUT2D eigenvalue weighted by atomic mass is 10.2. The summed E-state index contributed by atoms with van der Waals surface area (Å²) in [6.07, 6.45) is 0. The van der Waals surface area contributed by atoms with Crippen LogP contribution < -0.4 is 5.32 Å². The molecule has 0 saturated heterocycles. The van der Waals surface area contributed by atoms with Gasteiger partial charge < -0.3 is 15.0 Å². The fraction of sp³-hybridized carbons (Fsp3) is 0.818. The van der Waals surface area contributed by atoms with Crippen LogP contribution in [-0.4, -0.2) is 42.1 Å². The monoisotopic (exact) mass is 230 g/mol. The van der Waals surface area contributed by atoms with Crippen molar-refractivity contribution < 1.29 is 14.3 Å². The maximum absolute atomic E-state index is 11.5. The second kappa shape index (κ2) is 5.72. The fourth-order valence-corrected chi connectivity index (χ4v) is 0.888. The summed E-state index contributed by atoms with van der Waals surface area (Å²) in [7, 11) is 1.66. The molecule has 5 heteroatoms. The summed E-state index contributed by atoms with van der Waals surface area (Å²) in [6, 6.07) is -0.915. The Bertz CT molecular complexity index is 258. The highest BCUT2D eigenvalue weighted by molar-refractivity contribution is 5.83. The Balaban J connectivity index is 4.21. The van der Waals surface area contributed by atoms with Crippen LogP contribution in [0.4, 0.5) is 4.79 Å². The highest BCUT2D eigenvalue weighted by Gasteiger charge is 2.23. The topological polar surface area (TPSA) is 58.6 Å². The molecule has 0 rings (SSSR count).